The molecule has 0 aliphatic carbocycles. The Bertz CT molecular complexity index is 804. The minimum absolute atomic E-state index is 0.443. The summed E-state index contributed by atoms with van der Waals surface area (Å²) in [6.45, 7) is 15.0. The number of anilines is 1. The summed E-state index contributed by atoms with van der Waals surface area (Å²) < 4.78 is 0. The number of rotatable bonds is 4. The molecule has 0 saturated carbocycles. The zero-order chi connectivity index (χ0) is 18.8. The minimum Gasteiger partial charge on any atom is -0.369 e. The third-order valence-corrected chi connectivity index (χ3v) is 5.79. The molecule has 3 heteroatoms. The average Bonchev–Trinajstić information content (AvgIpc) is 2.63. The summed E-state index contributed by atoms with van der Waals surface area (Å²) in [5.41, 5.74) is 8.47. The van der Waals surface area contributed by atoms with Crippen molar-refractivity contribution in [2.24, 2.45) is 0 Å². The molecule has 26 heavy (non-hydrogen) atoms. The fourth-order valence-corrected chi connectivity index (χ4v) is 4.13. The Labute approximate surface area is 157 Å². The second kappa shape index (κ2) is 7.63. The number of nitrogens with zero attached hydrogens (tertiary/aromatic N) is 2. The molecule has 0 spiro atoms. The molecule has 2 aromatic rings. The van der Waals surface area contributed by atoms with Gasteiger partial charge >= 0.3 is 0 Å². The number of aldehydes is 1. The second-order valence-corrected chi connectivity index (χ2v) is 7.67. The van der Waals surface area contributed by atoms with Gasteiger partial charge in [-0.1, -0.05) is 23.8 Å². The molecule has 0 N–H and O–H groups in total. The summed E-state index contributed by atoms with van der Waals surface area (Å²) >= 11 is 0. The summed E-state index contributed by atoms with van der Waals surface area (Å²) in [6, 6.07) is 11.4. The Hall–Kier alpha value is -2.13. The van der Waals surface area contributed by atoms with Crippen LogP contribution in [0.2, 0.25) is 0 Å². The second-order valence-electron chi connectivity index (χ2n) is 7.67. The van der Waals surface area contributed by atoms with Gasteiger partial charge in [0.25, 0.3) is 0 Å². The molecule has 1 atom stereocenters. The van der Waals surface area contributed by atoms with Crippen LogP contribution in [0, 0.1) is 27.7 Å². The van der Waals surface area contributed by atoms with E-state index in [-0.39, 0.29) is 0 Å². The van der Waals surface area contributed by atoms with Crippen molar-refractivity contribution in [2.45, 2.75) is 40.7 Å². The number of piperazine rings is 1. The molecule has 3 nitrogen and oxygen atoms in total. The van der Waals surface area contributed by atoms with Gasteiger partial charge in [-0.05, 0) is 69.0 Å². The molecule has 0 amide bonds. The van der Waals surface area contributed by atoms with E-state index in [1.165, 1.54) is 27.9 Å². The topological polar surface area (TPSA) is 23.6 Å². The Kier molecular flexibility index (Phi) is 5.47. The van der Waals surface area contributed by atoms with Gasteiger partial charge in [0, 0.05) is 43.5 Å². The zero-order valence-corrected chi connectivity index (χ0v) is 16.7. The van der Waals surface area contributed by atoms with Crippen LogP contribution in [0.3, 0.4) is 0 Å². The number of carbonyl (C=O) groups excluding carboxylic acids is 1. The van der Waals surface area contributed by atoms with Crippen LogP contribution in [0.15, 0.2) is 30.3 Å². The lowest BCUT2D eigenvalue weighted by Gasteiger charge is -2.40. The first-order valence-corrected chi connectivity index (χ1v) is 9.53. The van der Waals surface area contributed by atoms with Gasteiger partial charge < -0.3 is 4.90 Å². The maximum absolute atomic E-state index is 11.1. The van der Waals surface area contributed by atoms with Gasteiger partial charge in [-0.25, -0.2) is 0 Å². The Balaban J connectivity index is 1.71. The van der Waals surface area contributed by atoms with Gasteiger partial charge in [0.1, 0.15) is 6.29 Å². The first kappa shape index (κ1) is 18.7. The Morgan fingerprint density at radius 1 is 0.885 bits per heavy atom. The molecule has 0 unspecified atom stereocenters. The van der Waals surface area contributed by atoms with Gasteiger partial charge in [0.15, 0.2) is 0 Å². The number of hydrogen-bond donors (Lipinski definition) is 0. The van der Waals surface area contributed by atoms with Crippen LogP contribution in [0.1, 0.15) is 51.1 Å². The van der Waals surface area contributed by atoms with E-state index in [2.05, 4.69) is 61.8 Å². The molecular formula is C23H30N2O. The first-order valence-electron chi connectivity index (χ1n) is 9.53. The molecule has 1 fully saturated rings. The van der Waals surface area contributed by atoms with Crippen molar-refractivity contribution in [1.82, 2.24) is 4.90 Å². The molecule has 3 rings (SSSR count). The van der Waals surface area contributed by atoms with Crippen molar-refractivity contribution >= 4 is 12.0 Å². The molecule has 0 aromatic heterocycles. The number of benzene rings is 2. The molecule has 1 heterocycles. The molecule has 1 saturated heterocycles. The maximum Gasteiger partial charge on any atom is 0.150 e. The van der Waals surface area contributed by atoms with Crippen LogP contribution < -0.4 is 4.90 Å². The average molecular weight is 351 g/mol. The molecule has 0 bridgehead atoms. The van der Waals surface area contributed by atoms with Gasteiger partial charge in [-0.2, -0.15) is 0 Å². The predicted octanol–water partition coefficient (Wildman–Crippen LogP) is 4.62. The summed E-state index contributed by atoms with van der Waals surface area (Å²) in [7, 11) is 0. The van der Waals surface area contributed by atoms with E-state index in [9.17, 15) is 4.79 Å². The van der Waals surface area contributed by atoms with Gasteiger partial charge in [-0.3, -0.25) is 9.69 Å². The molecule has 1 aliphatic rings. The van der Waals surface area contributed by atoms with Crippen molar-refractivity contribution < 1.29 is 4.79 Å². The van der Waals surface area contributed by atoms with Gasteiger partial charge in [-0.15, -0.1) is 0 Å². The molecule has 138 valence electrons. The Morgan fingerprint density at radius 3 is 2.19 bits per heavy atom. The summed E-state index contributed by atoms with van der Waals surface area (Å²) in [6.07, 6.45) is 0.954. The largest absolute Gasteiger partial charge is 0.369 e. The van der Waals surface area contributed by atoms with Gasteiger partial charge in [0.05, 0.1) is 0 Å². The lowest BCUT2D eigenvalue weighted by molar-refractivity contribution is 0.112. The fourth-order valence-electron chi connectivity index (χ4n) is 4.13. The molecule has 1 aliphatic heterocycles. The quantitative estimate of drug-likeness (QED) is 0.752. The normalized spacial score (nSPS) is 16.6. The smallest absolute Gasteiger partial charge is 0.150 e. The monoisotopic (exact) mass is 350 g/mol. The van der Waals surface area contributed by atoms with Crippen molar-refractivity contribution in [3.8, 4) is 0 Å². The van der Waals surface area contributed by atoms with Crippen LogP contribution in [-0.4, -0.2) is 37.4 Å². The SMILES string of the molecule is Cc1ccc([C@@H](C)N2CCN(c3cc(C)c(C=O)cc3C)CC2)c(C)c1. The van der Waals surface area contributed by atoms with Crippen molar-refractivity contribution in [1.29, 1.82) is 0 Å². The maximum atomic E-state index is 11.1. The highest BCUT2D eigenvalue weighted by atomic mass is 16.1. The highest BCUT2D eigenvalue weighted by molar-refractivity contribution is 5.79. The summed E-state index contributed by atoms with van der Waals surface area (Å²) in [5, 5.41) is 0. The first-order chi connectivity index (χ1) is 12.4. The predicted molar refractivity (Wildman–Crippen MR) is 109 cm³/mol. The standard InChI is InChI=1S/C23H30N2O/c1-16-6-7-22(18(3)12-16)20(5)24-8-10-25(11-9-24)23-14-17(2)21(15-26)13-19(23)4/h6-7,12-15,20H,8-11H2,1-5H3/t20-/m1/s1. The highest BCUT2D eigenvalue weighted by Crippen LogP contribution is 2.29. The molecular weight excluding hydrogens is 320 g/mol. The lowest BCUT2D eigenvalue weighted by Crippen LogP contribution is -2.47. The zero-order valence-electron chi connectivity index (χ0n) is 16.7. The number of carbonyl (C=O) groups is 1. The van der Waals surface area contributed by atoms with Crippen LogP contribution >= 0.6 is 0 Å². The van der Waals surface area contributed by atoms with E-state index in [0.717, 1.165) is 43.6 Å². The van der Waals surface area contributed by atoms with E-state index >= 15 is 0 Å². The summed E-state index contributed by atoms with van der Waals surface area (Å²) in [4.78, 5) is 16.2. The highest BCUT2D eigenvalue weighted by Gasteiger charge is 2.24. The van der Waals surface area contributed by atoms with Crippen LogP contribution in [0.4, 0.5) is 5.69 Å². The number of hydrogen-bond acceptors (Lipinski definition) is 3. The lowest BCUT2D eigenvalue weighted by atomic mass is 9.98. The van der Waals surface area contributed by atoms with Crippen molar-refractivity contribution in [2.75, 3.05) is 31.1 Å². The third kappa shape index (κ3) is 3.68. The molecule has 0 radical (unpaired) electrons. The van der Waals surface area contributed by atoms with Crippen LogP contribution in [0.5, 0.6) is 0 Å². The van der Waals surface area contributed by atoms with Crippen LogP contribution in [-0.2, 0) is 0 Å². The van der Waals surface area contributed by atoms with Crippen LogP contribution in [0.25, 0.3) is 0 Å². The van der Waals surface area contributed by atoms with E-state index in [1.807, 2.05) is 13.0 Å². The minimum atomic E-state index is 0.443. The number of aryl methyl sites for hydroxylation is 4. The van der Waals surface area contributed by atoms with Crippen molar-refractivity contribution in [3.63, 3.8) is 0 Å². The van der Waals surface area contributed by atoms with E-state index in [4.69, 9.17) is 0 Å². The van der Waals surface area contributed by atoms with Crippen molar-refractivity contribution in [3.05, 3.63) is 63.7 Å². The fraction of sp³-hybridized carbons (Fsp3) is 0.435. The summed E-state index contributed by atoms with van der Waals surface area (Å²) in [5.74, 6) is 0. The van der Waals surface area contributed by atoms with Gasteiger partial charge in [0.2, 0.25) is 0 Å². The molecule has 2 aromatic carbocycles. The Morgan fingerprint density at radius 2 is 1.58 bits per heavy atom. The van der Waals surface area contributed by atoms with E-state index in [0.29, 0.717) is 6.04 Å². The van der Waals surface area contributed by atoms with E-state index < -0.39 is 0 Å². The third-order valence-electron chi connectivity index (χ3n) is 5.79. The van der Waals surface area contributed by atoms with E-state index in [1.54, 1.807) is 0 Å².